The van der Waals surface area contributed by atoms with Gasteiger partial charge >= 0.3 is 6.18 Å². The molecule has 3 atom stereocenters. The van der Waals surface area contributed by atoms with Crippen molar-refractivity contribution in [2.45, 2.75) is 38.4 Å². The van der Waals surface area contributed by atoms with E-state index in [4.69, 9.17) is 0 Å². The molecule has 1 aliphatic carbocycles. The molecule has 1 fully saturated rings. The molecule has 18 heavy (non-hydrogen) atoms. The summed E-state index contributed by atoms with van der Waals surface area (Å²) < 4.78 is 37.9. The fourth-order valence-electron chi connectivity index (χ4n) is 2.70. The van der Waals surface area contributed by atoms with Gasteiger partial charge in [-0.1, -0.05) is 32.0 Å². The molecule has 1 nitrogen and oxygen atoms in total. The quantitative estimate of drug-likeness (QED) is 0.868. The van der Waals surface area contributed by atoms with Crippen LogP contribution < -0.4 is 5.32 Å². The van der Waals surface area contributed by atoms with E-state index < -0.39 is 11.7 Å². The van der Waals surface area contributed by atoms with E-state index >= 15 is 0 Å². The minimum atomic E-state index is -4.25. The standard InChI is InChI=1S/C14H18F3N/c1-3-18-13-8-12(9(13)2)10-5-4-6-11(7-10)14(15,16)17/h4-7,9,12-13,18H,3,8H2,1-2H3. The number of halogens is 3. The highest BCUT2D eigenvalue weighted by atomic mass is 19.4. The normalized spacial score (nSPS) is 27.9. The van der Waals surface area contributed by atoms with E-state index in [9.17, 15) is 13.2 Å². The first-order chi connectivity index (χ1) is 8.43. The molecule has 1 aliphatic rings. The Balaban J connectivity index is 2.12. The summed E-state index contributed by atoms with van der Waals surface area (Å²) in [4.78, 5) is 0. The second-order valence-electron chi connectivity index (χ2n) is 4.99. The average Bonchev–Trinajstić information content (AvgIpc) is 2.32. The van der Waals surface area contributed by atoms with Crippen molar-refractivity contribution in [2.75, 3.05) is 6.54 Å². The molecule has 0 aliphatic heterocycles. The summed E-state index contributed by atoms with van der Waals surface area (Å²) in [6.45, 7) is 5.05. The van der Waals surface area contributed by atoms with Gasteiger partial charge in [-0.05, 0) is 36.4 Å². The van der Waals surface area contributed by atoms with Gasteiger partial charge in [-0.3, -0.25) is 0 Å². The lowest BCUT2D eigenvalue weighted by Gasteiger charge is -2.43. The van der Waals surface area contributed by atoms with Gasteiger partial charge in [-0.25, -0.2) is 0 Å². The molecule has 0 radical (unpaired) electrons. The van der Waals surface area contributed by atoms with Crippen molar-refractivity contribution in [3.63, 3.8) is 0 Å². The Hall–Kier alpha value is -1.03. The summed E-state index contributed by atoms with van der Waals surface area (Å²) in [5.74, 6) is 0.643. The van der Waals surface area contributed by atoms with Gasteiger partial charge in [0.1, 0.15) is 0 Å². The minimum Gasteiger partial charge on any atom is -0.314 e. The smallest absolute Gasteiger partial charge is 0.314 e. The van der Waals surface area contributed by atoms with Crippen LogP contribution in [0.15, 0.2) is 24.3 Å². The fraction of sp³-hybridized carbons (Fsp3) is 0.571. The van der Waals surface area contributed by atoms with E-state index in [1.54, 1.807) is 6.07 Å². The second kappa shape index (κ2) is 4.92. The van der Waals surface area contributed by atoms with Crippen LogP contribution in [-0.2, 0) is 6.18 Å². The van der Waals surface area contributed by atoms with E-state index in [-0.39, 0.29) is 5.92 Å². The predicted octanol–water partition coefficient (Wildman–Crippen LogP) is 3.81. The van der Waals surface area contributed by atoms with Crippen LogP contribution >= 0.6 is 0 Å². The van der Waals surface area contributed by atoms with Crippen molar-refractivity contribution >= 4 is 0 Å². The summed E-state index contributed by atoms with van der Waals surface area (Å²) in [5.41, 5.74) is 0.269. The van der Waals surface area contributed by atoms with Crippen molar-refractivity contribution in [1.29, 1.82) is 0 Å². The van der Waals surface area contributed by atoms with E-state index in [1.165, 1.54) is 12.1 Å². The van der Waals surface area contributed by atoms with Crippen LogP contribution in [0.25, 0.3) is 0 Å². The average molecular weight is 257 g/mol. The zero-order valence-electron chi connectivity index (χ0n) is 10.6. The van der Waals surface area contributed by atoms with Crippen LogP contribution in [0.2, 0.25) is 0 Å². The molecule has 1 saturated carbocycles. The molecule has 1 N–H and O–H groups in total. The predicted molar refractivity (Wildman–Crippen MR) is 65.4 cm³/mol. The molecule has 3 unspecified atom stereocenters. The van der Waals surface area contributed by atoms with E-state index in [1.807, 2.05) is 6.92 Å². The van der Waals surface area contributed by atoms with Crippen LogP contribution in [0, 0.1) is 5.92 Å². The lowest BCUT2D eigenvalue weighted by atomic mass is 9.67. The molecule has 0 heterocycles. The van der Waals surface area contributed by atoms with Crippen LogP contribution in [0.1, 0.15) is 37.3 Å². The van der Waals surface area contributed by atoms with E-state index in [0.29, 0.717) is 12.0 Å². The van der Waals surface area contributed by atoms with Gasteiger partial charge in [0.15, 0.2) is 0 Å². The Morgan fingerprint density at radius 3 is 2.61 bits per heavy atom. The number of alkyl halides is 3. The van der Waals surface area contributed by atoms with Gasteiger partial charge in [0.2, 0.25) is 0 Å². The first-order valence-corrected chi connectivity index (χ1v) is 6.34. The molecule has 0 spiro atoms. The van der Waals surface area contributed by atoms with Crippen LogP contribution in [0.3, 0.4) is 0 Å². The number of benzene rings is 1. The van der Waals surface area contributed by atoms with Crippen LogP contribution in [0.4, 0.5) is 13.2 Å². The third kappa shape index (κ3) is 2.53. The number of hydrogen-bond donors (Lipinski definition) is 1. The van der Waals surface area contributed by atoms with E-state index in [2.05, 4.69) is 12.2 Å². The van der Waals surface area contributed by atoms with Crippen molar-refractivity contribution in [3.05, 3.63) is 35.4 Å². The largest absolute Gasteiger partial charge is 0.416 e. The molecule has 0 saturated heterocycles. The Morgan fingerprint density at radius 1 is 1.33 bits per heavy atom. The first kappa shape index (κ1) is 13.4. The molecule has 1 aromatic carbocycles. The molecular formula is C14H18F3N. The maximum absolute atomic E-state index is 12.6. The Labute approximate surface area is 105 Å². The highest BCUT2D eigenvalue weighted by Gasteiger charge is 2.39. The van der Waals surface area contributed by atoms with E-state index in [0.717, 1.165) is 24.6 Å². The van der Waals surface area contributed by atoms with Crippen molar-refractivity contribution in [1.82, 2.24) is 5.32 Å². The minimum absolute atomic E-state index is 0.247. The maximum atomic E-state index is 12.6. The number of nitrogens with one attached hydrogen (secondary N) is 1. The third-order valence-electron chi connectivity index (χ3n) is 3.89. The summed E-state index contributed by atoms with van der Waals surface area (Å²) in [5, 5.41) is 3.35. The maximum Gasteiger partial charge on any atom is 0.416 e. The lowest BCUT2D eigenvalue weighted by Crippen LogP contribution is -2.47. The number of rotatable bonds is 3. The van der Waals surface area contributed by atoms with Crippen LogP contribution in [0.5, 0.6) is 0 Å². The summed E-state index contributed by atoms with van der Waals surface area (Å²) in [6, 6.07) is 6.18. The molecule has 0 amide bonds. The molecule has 4 heteroatoms. The molecular weight excluding hydrogens is 239 g/mol. The zero-order chi connectivity index (χ0) is 13.3. The van der Waals surface area contributed by atoms with Gasteiger partial charge < -0.3 is 5.32 Å². The Bertz CT molecular complexity index is 414. The highest BCUT2D eigenvalue weighted by Crippen LogP contribution is 2.43. The Kier molecular flexibility index (Phi) is 3.66. The second-order valence-corrected chi connectivity index (χ2v) is 4.99. The van der Waals surface area contributed by atoms with Gasteiger partial charge in [0.25, 0.3) is 0 Å². The number of hydrogen-bond acceptors (Lipinski definition) is 1. The lowest BCUT2D eigenvalue weighted by molar-refractivity contribution is -0.137. The van der Waals surface area contributed by atoms with Gasteiger partial charge in [-0.2, -0.15) is 13.2 Å². The molecule has 100 valence electrons. The molecule has 2 rings (SSSR count). The first-order valence-electron chi connectivity index (χ1n) is 6.34. The Morgan fingerprint density at radius 2 is 2.06 bits per heavy atom. The van der Waals surface area contributed by atoms with Crippen molar-refractivity contribution in [2.24, 2.45) is 5.92 Å². The van der Waals surface area contributed by atoms with Crippen molar-refractivity contribution < 1.29 is 13.2 Å². The zero-order valence-corrected chi connectivity index (χ0v) is 10.6. The van der Waals surface area contributed by atoms with Gasteiger partial charge in [0.05, 0.1) is 5.56 Å². The molecule has 0 aromatic heterocycles. The third-order valence-corrected chi connectivity index (χ3v) is 3.89. The summed E-state index contributed by atoms with van der Waals surface area (Å²) in [6.07, 6.45) is -3.32. The SMILES string of the molecule is CCNC1CC(c2cccc(C(F)(F)F)c2)C1C. The van der Waals surface area contributed by atoms with Crippen LogP contribution in [-0.4, -0.2) is 12.6 Å². The van der Waals surface area contributed by atoms with Crippen molar-refractivity contribution in [3.8, 4) is 0 Å². The topological polar surface area (TPSA) is 12.0 Å². The summed E-state index contributed by atoms with van der Waals surface area (Å²) in [7, 11) is 0. The molecule has 1 aromatic rings. The highest BCUT2D eigenvalue weighted by molar-refractivity contribution is 5.31. The monoisotopic (exact) mass is 257 g/mol. The van der Waals surface area contributed by atoms with Gasteiger partial charge in [0, 0.05) is 6.04 Å². The molecule has 0 bridgehead atoms. The fourth-order valence-corrected chi connectivity index (χ4v) is 2.70. The summed E-state index contributed by atoms with van der Waals surface area (Å²) >= 11 is 0. The van der Waals surface area contributed by atoms with Gasteiger partial charge in [-0.15, -0.1) is 0 Å².